The number of allylic oxidation sites excluding steroid dienone is 1. The highest BCUT2D eigenvalue weighted by atomic mass is 16.5. The van der Waals surface area contributed by atoms with Crippen LogP contribution in [0.3, 0.4) is 0 Å². The lowest BCUT2D eigenvalue weighted by atomic mass is 10.2. The highest BCUT2D eigenvalue weighted by Gasteiger charge is 2.18. The van der Waals surface area contributed by atoms with Crippen LogP contribution in [-0.4, -0.2) is 22.6 Å². The zero-order valence-corrected chi connectivity index (χ0v) is 10.6. The molecule has 1 N–H and O–H groups in total. The SMILES string of the molecule is C=CCn1c(C(=O)OC)cc2c3ccccc3[nH]c21. The number of aromatic amines is 1. The van der Waals surface area contributed by atoms with Crippen LogP contribution in [0.25, 0.3) is 21.9 Å². The molecule has 3 rings (SSSR count). The molecule has 0 aliphatic heterocycles. The summed E-state index contributed by atoms with van der Waals surface area (Å²) in [6, 6.07) is 9.89. The molecule has 4 nitrogen and oxygen atoms in total. The van der Waals surface area contributed by atoms with E-state index in [0.717, 1.165) is 21.9 Å². The van der Waals surface area contributed by atoms with Crippen LogP contribution in [0.2, 0.25) is 0 Å². The van der Waals surface area contributed by atoms with Crippen molar-refractivity contribution in [1.29, 1.82) is 0 Å². The maximum Gasteiger partial charge on any atom is 0.354 e. The molecule has 0 fully saturated rings. The van der Waals surface area contributed by atoms with Crippen molar-refractivity contribution in [2.75, 3.05) is 7.11 Å². The molecular weight excluding hydrogens is 240 g/mol. The van der Waals surface area contributed by atoms with Gasteiger partial charge in [-0.05, 0) is 12.1 Å². The van der Waals surface area contributed by atoms with E-state index >= 15 is 0 Å². The van der Waals surface area contributed by atoms with E-state index in [1.807, 2.05) is 34.9 Å². The van der Waals surface area contributed by atoms with E-state index < -0.39 is 0 Å². The molecule has 0 bridgehead atoms. The molecule has 2 heterocycles. The first-order chi connectivity index (χ1) is 9.26. The van der Waals surface area contributed by atoms with Gasteiger partial charge in [-0.2, -0.15) is 0 Å². The molecule has 0 radical (unpaired) electrons. The minimum absolute atomic E-state index is 0.337. The number of para-hydroxylation sites is 1. The molecule has 0 saturated carbocycles. The quantitative estimate of drug-likeness (QED) is 0.576. The summed E-state index contributed by atoms with van der Waals surface area (Å²) < 4.78 is 6.71. The van der Waals surface area contributed by atoms with Crippen molar-refractivity contribution in [3.63, 3.8) is 0 Å². The monoisotopic (exact) mass is 254 g/mol. The molecule has 0 atom stereocenters. The van der Waals surface area contributed by atoms with E-state index in [-0.39, 0.29) is 5.97 Å². The number of esters is 1. The normalized spacial score (nSPS) is 11.0. The topological polar surface area (TPSA) is 47.0 Å². The Hall–Kier alpha value is -2.49. The molecular formula is C15H14N2O2. The summed E-state index contributed by atoms with van der Waals surface area (Å²) >= 11 is 0. The van der Waals surface area contributed by atoms with Gasteiger partial charge in [0.15, 0.2) is 0 Å². The predicted molar refractivity (Wildman–Crippen MR) is 75.3 cm³/mol. The Morgan fingerprint density at radius 2 is 2.21 bits per heavy atom. The Kier molecular flexibility index (Phi) is 2.63. The molecule has 0 amide bonds. The number of benzene rings is 1. The molecule has 2 aromatic heterocycles. The average Bonchev–Trinajstić information content (AvgIpc) is 2.96. The van der Waals surface area contributed by atoms with E-state index in [9.17, 15) is 4.79 Å². The van der Waals surface area contributed by atoms with Crippen molar-refractivity contribution in [3.05, 3.63) is 48.7 Å². The fourth-order valence-corrected chi connectivity index (χ4v) is 2.44. The van der Waals surface area contributed by atoms with Crippen LogP contribution >= 0.6 is 0 Å². The van der Waals surface area contributed by atoms with Gasteiger partial charge in [-0.1, -0.05) is 24.3 Å². The van der Waals surface area contributed by atoms with Gasteiger partial charge in [-0.25, -0.2) is 4.79 Å². The summed E-state index contributed by atoms with van der Waals surface area (Å²) in [5, 5.41) is 2.13. The van der Waals surface area contributed by atoms with Crippen LogP contribution in [0.4, 0.5) is 0 Å². The molecule has 0 saturated heterocycles. The van der Waals surface area contributed by atoms with E-state index in [2.05, 4.69) is 11.6 Å². The summed E-state index contributed by atoms with van der Waals surface area (Å²) in [6.45, 7) is 4.29. The summed E-state index contributed by atoms with van der Waals surface area (Å²) in [7, 11) is 1.39. The van der Waals surface area contributed by atoms with Crippen molar-refractivity contribution in [1.82, 2.24) is 9.55 Å². The van der Waals surface area contributed by atoms with Gasteiger partial charge in [-0.15, -0.1) is 6.58 Å². The van der Waals surface area contributed by atoms with E-state index in [0.29, 0.717) is 12.2 Å². The Bertz CT molecular complexity index is 780. The molecule has 19 heavy (non-hydrogen) atoms. The maximum atomic E-state index is 11.8. The lowest BCUT2D eigenvalue weighted by Gasteiger charge is -2.05. The second-order valence-corrected chi connectivity index (χ2v) is 4.35. The number of nitrogens with one attached hydrogen (secondary N) is 1. The fraction of sp³-hybridized carbons (Fsp3) is 0.133. The molecule has 0 spiro atoms. The minimum atomic E-state index is -0.337. The van der Waals surface area contributed by atoms with Gasteiger partial charge in [0.25, 0.3) is 0 Å². The first-order valence-electron chi connectivity index (χ1n) is 6.05. The van der Waals surface area contributed by atoms with Crippen molar-refractivity contribution in [2.24, 2.45) is 0 Å². The van der Waals surface area contributed by atoms with Crippen LogP contribution in [0.15, 0.2) is 43.0 Å². The highest BCUT2D eigenvalue weighted by molar-refractivity contribution is 6.09. The standard InChI is InChI=1S/C15H14N2O2/c1-3-8-17-13(15(18)19-2)9-11-10-6-4-5-7-12(10)16-14(11)17/h3-7,9,16H,1,8H2,2H3. The van der Waals surface area contributed by atoms with Crippen molar-refractivity contribution in [3.8, 4) is 0 Å². The Morgan fingerprint density at radius 1 is 1.42 bits per heavy atom. The molecule has 0 aliphatic carbocycles. The third-order valence-corrected chi connectivity index (χ3v) is 3.27. The summed E-state index contributed by atoms with van der Waals surface area (Å²) in [5.41, 5.74) is 2.51. The fourth-order valence-electron chi connectivity index (χ4n) is 2.44. The van der Waals surface area contributed by atoms with Gasteiger partial charge in [0, 0.05) is 22.8 Å². The Morgan fingerprint density at radius 3 is 2.95 bits per heavy atom. The van der Waals surface area contributed by atoms with Gasteiger partial charge in [0.05, 0.1) is 7.11 Å². The number of methoxy groups -OCH3 is 1. The van der Waals surface area contributed by atoms with Gasteiger partial charge in [0.2, 0.25) is 0 Å². The van der Waals surface area contributed by atoms with E-state index in [1.54, 1.807) is 6.08 Å². The molecule has 0 unspecified atom stereocenters. The van der Waals surface area contributed by atoms with E-state index in [4.69, 9.17) is 4.74 Å². The largest absolute Gasteiger partial charge is 0.464 e. The molecule has 0 aliphatic rings. The number of ether oxygens (including phenoxy) is 1. The minimum Gasteiger partial charge on any atom is -0.464 e. The van der Waals surface area contributed by atoms with Crippen LogP contribution in [0.1, 0.15) is 10.5 Å². The first-order valence-corrected chi connectivity index (χ1v) is 6.05. The van der Waals surface area contributed by atoms with Crippen molar-refractivity contribution in [2.45, 2.75) is 6.54 Å². The number of aromatic nitrogens is 2. The van der Waals surface area contributed by atoms with E-state index in [1.165, 1.54) is 7.11 Å². The number of fused-ring (bicyclic) bond motifs is 3. The van der Waals surface area contributed by atoms with Gasteiger partial charge in [-0.3, -0.25) is 0 Å². The van der Waals surface area contributed by atoms with Crippen LogP contribution in [0.5, 0.6) is 0 Å². The highest BCUT2D eigenvalue weighted by Crippen LogP contribution is 2.28. The number of nitrogens with zero attached hydrogens (tertiary/aromatic N) is 1. The van der Waals surface area contributed by atoms with Crippen molar-refractivity contribution >= 4 is 27.9 Å². The zero-order valence-electron chi connectivity index (χ0n) is 10.6. The van der Waals surface area contributed by atoms with Crippen molar-refractivity contribution < 1.29 is 9.53 Å². The lowest BCUT2D eigenvalue weighted by molar-refractivity contribution is 0.0589. The Balaban J connectivity index is 2.36. The number of rotatable bonds is 3. The van der Waals surface area contributed by atoms with Crippen LogP contribution in [-0.2, 0) is 11.3 Å². The number of carbonyl (C=O) groups excluding carboxylic acids is 1. The number of hydrogen-bond donors (Lipinski definition) is 1. The maximum absolute atomic E-state index is 11.8. The van der Waals surface area contributed by atoms with Gasteiger partial charge < -0.3 is 14.3 Å². The lowest BCUT2D eigenvalue weighted by Crippen LogP contribution is -2.10. The third-order valence-electron chi connectivity index (χ3n) is 3.27. The van der Waals surface area contributed by atoms with Gasteiger partial charge >= 0.3 is 5.97 Å². The number of hydrogen-bond acceptors (Lipinski definition) is 2. The predicted octanol–water partition coefficient (Wildman–Crippen LogP) is 3.10. The molecule has 96 valence electrons. The Labute approximate surface area is 110 Å². The van der Waals surface area contributed by atoms with Crippen LogP contribution < -0.4 is 0 Å². The number of H-pyrrole nitrogens is 1. The molecule has 4 heteroatoms. The third kappa shape index (κ3) is 1.64. The van der Waals surface area contributed by atoms with Gasteiger partial charge in [0.1, 0.15) is 11.3 Å². The smallest absolute Gasteiger partial charge is 0.354 e. The second kappa shape index (κ2) is 4.31. The van der Waals surface area contributed by atoms with Crippen LogP contribution in [0, 0.1) is 0 Å². The second-order valence-electron chi connectivity index (χ2n) is 4.35. The molecule has 1 aromatic carbocycles. The average molecular weight is 254 g/mol. The number of carbonyl (C=O) groups is 1. The summed E-state index contributed by atoms with van der Waals surface area (Å²) in [4.78, 5) is 15.2. The first kappa shape index (κ1) is 11.6. The molecule has 3 aromatic rings. The summed E-state index contributed by atoms with van der Waals surface area (Å²) in [6.07, 6.45) is 1.76. The summed E-state index contributed by atoms with van der Waals surface area (Å²) in [5.74, 6) is -0.337. The zero-order chi connectivity index (χ0) is 13.4.